The Balaban J connectivity index is 0.00000225. The second kappa shape index (κ2) is 8.64. The standard InChI is InChI=1S/C17H18FN3O3.ClH/c18-8-12(9-19)11-23-15-1-2-16-13(7-15)3-5-21(17(16)22)10-14-4-6-24-20-14;/h1-2,4,6-8H,3,5,9-11,19H2;1H/b12-8+;. The molecular formula is C17H19ClFN3O3. The van der Waals surface area contributed by atoms with Gasteiger partial charge in [-0.05, 0) is 30.2 Å². The number of nitrogens with two attached hydrogens (primary N) is 1. The molecule has 2 heterocycles. The highest BCUT2D eigenvalue weighted by atomic mass is 35.5. The maximum atomic E-state index is 12.6. The summed E-state index contributed by atoms with van der Waals surface area (Å²) in [6, 6.07) is 7.02. The molecule has 2 N–H and O–H groups in total. The molecule has 0 saturated heterocycles. The average molecular weight is 368 g/mol. The van der Waals surface area contributed by atoms with Crippen molar-refractivity contribution in [2.24, 2.45) is 5.73 Å². The van der Waals surface area contributed by atoms with Crippen molar-refractivity contribution in [3.63, 3.8) is 0 Å². The molecule has 0 unspecified atom stereocenters. The van der Waals surface area contributed by atoms with Crippen molar-refractivity contribution in [1.29, 1.82) is 0 Å². The number of aromatic nitrogens is 1. The maximum Gasteiger partial charge on any atom is 0.254 e. The highest BCUT2D eigenvalue weighted by molar-refractivity contribution is 5.96. The van der Waals surface area contributed by atoms with E-state index in [4.69, 9.17) is 15.0 Å². The van der Waals surface area contributed by atoms with E-state index in [0.717, 1.165) is 17.7 Å². The van der Waals surface area contributed by atoms with Crippen molar-refractivity contribution in [1.82, 2.24) is 10.1 Å². The number of carbonyl (C=O) groups is 1. The largest absolute Gasteiger partial charge is 0.489 e. The maximum absolute atomic E-state index is 12.6. The summed E-state index contributed by atoms with van der Waals surface area (Å²) in [5, 5.41) is 3.84. The van der Waals surface area contributed by atoms with Crippen LogP contribution >= 0.6 is 12.4 Å². The van der Waals surface area contributed by atoms with Crippen LogP contribution in [0.15, 0.2) is 47.0 Å². The zero-order chi connectivity index (χ0) is 16.9. The number of hydrogen-bond donors (Lipinski definition) is 1. The summed E-state index contributed by atoms with van der Waals surface area (Å²) < 4.78 is 22.8. The van der Waals surface area contributed by atoms with E-state index in [1.165, 1.54) is 6.26 Å². The summed E-state index contributed by atoms with van der Waals surface area (Å²) in [5.74, 6) is 0.552. The minimum atomic E-state index is -0.0444. The van der Waals surface area contributed by atoms with Crippen LogP contribution in [0.5, 0.6) is 5.75 Å². The summed E-state index contributed by atoms with van der Waals surface area (Å²) in [7, 11) is 0. The van der Waals surface area contributed by atoms with Crippen LogP contribution in [0.4, 0.5) is 4.39 Å². The van der Waals surface area contributed by atoms with Gasteiger partial charge < -0.3 is 19.9 Å². The van der Waals surface area contributed by atoms with Gasteiger partial charge in [0, 0.05) is 30.3 Å². The van der Waals surface area contributed by atoms with Crippen molar-refractivity contribution in [3.05, 3.63) is 59.3 Å². The number of benzene rings is 1. The Kier molecular flexibility index (Phi) is 6.55. The third-order valence-corrected chi connectivity index (χ3v) is 3.93. The van der Waals surface area contributed by atoms with Crippen molar-refractivity contribution in [2.45, 2.75) is 13.0 Å². The van der Waals surface area contributed by atoms with E-state index in [0.29, 0.717) is 36.3 Å². The second-order valence-corrected chi connectivity index (χ2v) is 5.55. The van der Waals surface area contributed by atoms with Crippen LogP contribution in [-0.2, 0) is 13.0 Å². The average Bonchev–Trinajstić information content (AvgIpc) is 3.11. The third-order valence-electron chi connectivity index (χ3n) is 3.93. The van der Waals surface area contributed by atoms with Crippen molar-refractivity contribution >= 4 is 18.3 Å². The Bertz CT molecular complexity index is 750. The Morgan fingerprint density at radius 1 is 1.44 bits per heavy atom. The Morgan fingerprint density at radius 2 is 2.28 bits per heavy atom. The van der Waals surface area contributed by atoms with E-state index >= 15 is 0 Å². The highest BCUT2D eigenvalue weighted by Gasteiger charge is 2.25. The summed E-state index contributed by atoms with van der Waals surface area (Å²) in [4.78, 5) is 14.3. The van der Waals surface area contributed by atoms with Crippen molar-refractivity contribution in [3.8, 4) is 5.75 Å². The number of fused-ring (bicyclic) bond motifs is 1. The van der Waals surface area contributed by atoms with Gasteiger partial charge in [-0.15, -0.1) is 12.4 Å². The van der Waals surface area contributed by atoms with Gasteiger partial charge in [-0.3, -0.25) is 4.79 Å². The van der Waals surface area contributed by atoms with Crippen molar-refractivity contribution < 1.29 is 18.4 Å². The third kappa shape index (κ3) is 4.37. The number of ether oxygens (including phenoxy) is 1. The van der Waals surface area contributed by atoms with Crippen LogP contribution in [0.2, 0.25) is 0 Å². The number of nitrogens with zero attached hydrogens (tertiary/aromatic N) is 2. The lowest BCUT2D eigenvalue weighted by Crippen LogP contribution is -2.37. The van der Waals surface area contributed by atoms with E-state index in [-0.39, 0.29) is 31.5 Å². The quantitative estimate of drug-likeness (QED) is 0.848. The Labute approximate surface area is 150 Å². The zero-order valence-electron chi connectivity index (χ0n) is 13.5. The van der Waals surface area contributed by atoms with Crippen LogP contribution in [0, 0.1) is 0 Å². The Hall–Kier alpha value is -2.38. The fourth-order valence-corrected chi connectivity index (χ4v) is 2.58. The summed E-state index contributed by atoms with van der Waals surface area (Å²) in [6.07, 6.45) is 2.67. The highest BCUT2D eigenvalue weighted by Crippen LogP contribution is 2.25. The molecule has 134 valence electrons. The second-order valence-electron chi connectivity index (χ2n) is 5.55. The lowest BCUT2D eigenvalue weighted by Gasteiger charge is -2.28. The van der Waals surface area contributed by atoms with Gasteiger partial charge in [0.25, 0.3) is 5.91 Å². The van der Waals surface area contributed by atoms with Crippen molar-refractivity contribution in [2.75, 3.05) is 19.7 Å². The SMILES string of the molecule is Cl.NC/C(=C\F)COc1ccc2c(c1)CCN(Cc1ccon1)C2=O. The topological polar surface area (TPSA) is 81.6 Å². The van der Waals surface area contributed by atoms with E-state index in [1.807, 2.05) is 6.07 Å². The molecule has 25 heavy (non-hydrogen) atoms. The normalized spacial score (nSPS) is 14.1. The van der Waals surface area contributed by atoms with Gasteiger partial charge in [0.15, 0.2) is 0 Å². The smallest absolute Gasteiger partial charge is 0.254 e. The molecule has 1 aliphatic rings. The molecule has 8 heteroatoms. The Morgan fingerprint density at radius 3 is 2.96 bits per heavy atom. The van der Waals surface area contributed by atoms with E-state index in [2.05, 4.69) is 5.16 Å². The lowest BCUT2D eigenvalue weighted by atomic mass is 9.98. The van der Waals surface area contributed by atoms with Gasteiger partial charge in [0.2, 0.25) is 0 Å². The molecule has 1 aromatic carbocycles. The first kappa shape index (κ1) is 19.0. The molecule has 1 aliphatic heterocycles. The first-order valence-corrected chi connectivity index (χ1v) is 7.63. The molecule has 0 atom stereocenters. The molecule has 1 amide bonds. The summed E-state index contributed by atoms with van der Waals surface area (Å²) in [5.41, 5.74) is 8.07. The number of halogens is 2. The van der Waals surface area contributed by atoms with Gasteiger partial charge in [-0.1, -0.05) is 5.16 Å². The molecule has 0 saturated carbocycles. The van der Waals surface area contributed by atoms with E-state index < -0.39 is 0 Å². The summed E-state index contributed by atoms with van der Waals surface area (Å²) in [6.45, 7) is 1.23. The zero-order valence-corrected chi connectivity index (χ0v) is 14.3. The van der Waals surface area contributed by atoms with Gasteiger partial charge in [0.1, 0.15) is 24.3 Å². The molecule has 0 bridgehead atoms. The molecule has 0 aliphatic carbocycles. The van der Waals surface area contributed by atoms with Gasteiger partial charge in [-0.25, -0.2) is 4.39 Å². The molecule has 0 fully saturated rings. The summed E-state index contributed by atoms with van der Waals surface area (Å²) >= 11 is 0. The monoisotopic (exact) mass is 367 g/mol. The number of rotatable bonds is 6. The molecular weight excluding hydrogens is 349 g/mol. The predicted molar refractivity (Wildman–Crippen MR) is 92.4 cm³/mol. The minimum Gasteiger partial charge on any atom is -0.489 e. The molecule has 1 aromatic heterocycles. The number of amides is 1. The fraction of sp³-hybridized carbons (Fsp3) is 0.294. The molecule has 0 spiro atoms. The predicted octanol–water partition coefficient (Wildman–Crippen LogP) is 2.49. The molecule has 6 nitrogen and oxygen atoms in total. The van der Waals surface area contributed by atoms with Crippen LogP contribution in [0.1, 0.15) is 21.6 Å². The molecule has 2 aromatic rings. The van der Waals surface area contributed by atoms with Crippen LogP contribution in [0.3, 0.4) is 0 Å². The van der Waals surface area contributed by atoms with Crippen LogP contribution in [-0.4, -0.2) is 35.7 Å². The molecule has 0 radical (unpaired) electrons. The number of carbonyl (C=O) groups excluding carboxylic acids is 1. The first-order chi connectivity index (χ1) is 11.7. The van der Waals surface area contributed by atoms with E-state index in [1.54, 1.807) is 23.1 Å². The number of hydrogen-bond acceptors (Lipinski definition) is 5. The van der Waals surface area contributed by atoms with Crippen LogP contribution < -0.4 is 10.5 Å². The van der Waals surface area contributed by atoms with E-state index in [9.17, 15) is 9.18 Å². The van der Waals surface area contributed by atoms with Gasteiger partial charge in [0.05, 0.1) is 12.9 Å². The van der Waals surface area contributed by atoms with Gasteiger partial charge >= 0.3 is 0 Å². The minimum absolute atomic E-state index is 0. The van der Waals surface area contributed by atoms with Crippen LogP contribution in [0.25, 0.3) is 0 Å². The van der Waals surface area contributed by atoms with Gasteiger partial charge in [-0.2, -0.15) is 0 Å². The lowest BCUT2D eigenvalue weighted by molar-refractivity contribution is 0.0723. The molecule has 3 rings (SSSR count). The first-order valence-electron chi connectivity index (χ1n) is 7.63. The fourth-order valence-electron chi connectivity index (χ4n) is 2.58.